The number of para-hydroxylation sites is 1. The van der Waals surface area contributed by atoms with E-state index in [1.54, 1.807) is 19.2 Å². The predicted molar refractivity (Wildman–Crippen MR) is 117 cm³/mol. The number of hydrogen-bond donors (Lipinski definition) is 1. The number of benzene rings is 2. The Morgan fingerprint density at radius 1 is 1.00 bits per heavy atom. The largest absolute Gasteiger partial charge is 0.473 e. The van der Waals surface area contributed by atoms with Crippen molar-refractivity contribution in [1.29, 1.82) is 0 Å². The van der Waals surface area contributed by atoms with Crippen LogP contribution in [0.1, 0.15) is 27.0 Å². The number of amides is 2. The van der Waals surface area contributed by atoms with Gasteiger partial charge in [-0.3, -0.25) is 9.59 Å². The third kappa shape index (κ3) is 5.44. The Balaban J connectivity index is 1.60. The van der Waals surface area contributed by atoms with Gasteiger partial charge in [-0.2, -0.15) is 0 Å². The van der Waals surface area contributed by atoms with Crippen LogP contribution in [0.3, 0.4) is 0 Å². The molecule has 3 rings (SSSR count). The van der Waals surface area contributed by atoms with Crippen LogP contribution in [0.2, 0.25) is 0 Å². The molecule has 0 bridgehead atoms. The molecule has 2 amide bonds. The van der Waals surface area contributed by atoms with E-state index in [1.807, 2.05) is 62.4 Å². The summed E-state index contributed by atoms with van der Waals surface area (Å²) in [6.45, 7) is 4.17. The topological polar surface area (TPSA) is 71.5 Å². The smallest absolute Gasteiger partial charge is 0.254 e. The summed E-state index contributed by atoms with van der Waals surface area (Å²) in [6, 6.07) is 18.7. The van der Waals surface area contributed by atoms with E-state index < -0.39 is 0 Å². The van der Waals surface area contributed by atoms with Gasteiger partial charge in [0.15, 0.2) is 0 Å². The molecule has 0 atom stereocenters. The Hall–Kier alpha value is -3.67. The molecule has 0 saturated carbocycles. The fourth-order valence-electron chi connectivity index (χ4n) is 3.05. The molecule has 30 heavy (non-hydrogen) atoms. The summed E-state index contributed by atoms with van der Waals surface area (Å²) >= 11 is 0. The minimum atomic E-state index is -0.279. The van der Waals surface area contributed by atoms with Crippen LogP contribution in [0.15, 0.2) is 66.9 Å². The van der Waals surface area contributed by atoms with Crippen LogP contribution in [-0.2, 0) is 11.4 Å². The van der Waals surface area contributed by atoms with Crippen molar-refractivity contribution in [2.24, 2.45) is 0 Å². The van der Waals surface area contributed by atoms with E-state index in [9.17, 15) is 9.59 Å². The lowest BCUT2D eigenvalue weighted by atomic mass is 10.1. The molecule has 1 aromatic heterocycles. The van der Waals surface area contributed by atoms with Gasteiger partial charge in [-0.1, -0.05) is 48.5 Å². The molecule has 0 aliphatic rings. The molecule has 0 saturated heterocycles. The Bertz CT molecular complexity index is 1010. The van der Waals surface area contributed by atoms with Crippen molar-refractivity contribution in [2.45, 2.75) is 20.5 Å². The van der Waals surface area contributed by atoms with E-state index in [1.165, 1.54) is 11.1 Å². The zero-order chi connectivity index (χ0) is 21.5. The van der Waals surface area contributed by atoms with Crippen LogP contribution in [0.5, 0.6) is 5.88 Å². The molecular weight excluding hydrogens is 378 g/mol. The second-order valence-corrected chi connectivity index (χ2v) is 7.13. The summed E-state index contributed by atoms with van der Waals surface area (Å²) in [5.41, 5.74) is 4.16. The first-order valence-electron chi connectivity index (χ1n) is 9.68. The zero-order valence-electron chi connectivity index (χ0n) is 17.4. The number of carbonyl (C=O) groups excluding carboxylic acids is 2. The first kappa shape index (κ1) is 21.0. The molecule has 154 valence electrons. The lowest BCUT2D eigenvalue weighted by molar-refractivity contribution is -0.116. The van der Waals surface area contributed by atoms with Gasteiger partial charge in [-0.15, -0.1) is 0 Å². The maximum absolute atomic E-state index is 12.8. The number of rotatable bonds is 7. The lowest BCUT2D eigenvalue weighted by Gasteiger charge is -2.18. The molecular formula is C24H25N3O3. The highest BCUT2D eigenvalue weighted by Crippen LogP contribution is 2.19. The molecule has 6 nitrogen and oxygen atoms in total. The molecule has 6 heteroatoms. The SMILES string of the molecule is Cc1cccc(C)c1NC(=O)CN(C)C(=O)c1ccnc(OCc2ccccc2)c1. The molecule has 1 heterocycles. The molecule has 2 aromatic carbocycles. The van der Waals surface area contributed by atoms with Gasteiger partial charge in [0, 0.05) is 30.6 Å². The number of carbonyl (C=O) groups is 2. The molecule has 0 fully saturated rings. The van der Waals surface area contributed by atoms with E-state index in [0.717, 1.165) is 22.4 Å². The average Bonchev–Trinajstić information content (AvgIpc) is 2.75. The summed E-state index contributed by atoms with van der Waals surface area (Å²) in [5, 5.41) is 2.90. The Morgan fingerprint density at radius 3 is 2.40 bits per heavy atom. The van der Waals surface area contributed by atoms with Crippen LogP contribution >= 0.6 is 0 Å². The number of hydrogen-bond acceptors (Lipinski definition) is 4. The van der Waals surface area contributed by atoms with Crippen molar-refractivity contribution in [1.82, 2.24) is 9.88 Å². The number of anilines is 1. The number of ether oxygens (including phenoxy) is 1. The van der Waals surface area contributed by atoms with Crippen molar-refractivity contribution in [3.8, 4) is 5.88 Å². The van der Waals surface area contributed by atoms with E-state index >= 15 is 0 Å². The number of pyridine rings is 1. The van der Waals surface area contributed by atoms with Crippen molar-refractivity contribution in [3.63, 3.8) is 0 Å². The van der Waals surface area contributed by atoms with E-state index in [0.29, 0.717) is 18.1 Å². The Labute approximate surface area is 176 Å². The quantitative estimate of drug-likeness (QED) is 0.648. The minimum absolute atomic E-state index is 0.0604. The average molecular weight is 403 g/mol. The molecule has 0 unspecified atom stereocenters. The molecule has 3 aromatic rings. The number of likely N-dealkylation sites (N-methyl/N-ethyl adjacent to an activating group) is 1. The van der Waals surface area contributed by atoms with Crippen LogP contribution in [0.4, 0.5) is 5.69 Å². The van der Waals surface area contributed by atoms with Gasteiger partial charge < -0.3 is 15.0 Å². The lowest BCUT2D eigenvalue weighted by Crippen LogP contribution is -2.35. The van der Waals surface area contributed by atoms with Gasteiger partial charge in [0.2, 0.25) is 11.8 Å². The highest BCUT2D eigenvalue weighted by Gasteiger charge is 2.17. The summed E-state index contributed by atoms with van der Waals surface area (Å²) in [5.74, 6) is -0.172. The second-order valence-electron chi connectivity index (χ2n) is 7.13. The number of nitrogens with one attached hydrogen (secondary N) is 1. The summed E-state index contributed by atoms with van der Waals surface area (Å²) in [6.07, 6.45) is 1.53. The Morgan fingerprint density at radius 2 is 1.70 bits per heavy atom. The summed E-state index contributed by atoms with van der Waals surface area (Å²) in [4.78, 5) is 30.7. The van der Waals surface area contributed by atoms with Gasteiger partial charge in [0.1, 0.15) is 6.61 Å². The third-order valence-corrected chi connectivity index (χ3v) is 4.68. The van der Waals surface area contributed by atoms with Crippen molar-refractivity contribution < 1.29 is 14.3 Å². The highest BCUT2D eigenvalue weighted by molar-refractivity contribution is 5.99. The highest BCUT2D eigenvalue weighted by atomic mass is 16.5. The van der Waals surface area contributed by atoms with Crippen molar-refractivity contribution >= 4 is 17.5 Å². The van der Waals surface area contributed by atoms with E-state index in [-0.39, 0.29) is 18.4 Å². The summed E-state index contributed by atoms with van der Waals surface area (Å²) < 4.78 is 5.69. The van der Waals surface area contributed by atoms with E-state index in [4.69, 9.17) is 4.74 Å². The van der Waals surface area contributed by atoms with Gasteiger partial charge in [0.25, 0.3) is 5.91 Å². The molecule has 0 aliphatic heterocycles. The Kier molecular flexibility index (Phi) is 6.80. The van der Waals surface area contributed by atoms with Crippen LogP contribution in [0, 0.1) is 13.8 Å². The fraction of sp³-hybridized carbons (Fsp3) is 0.208. The first-order chi connectivity index (χ1) is 14.4. The molecule has 1 N–H and O–H groups in total. The molecule has 0 spiro atoms. The van der Waals surface area contributed by atoms with Crippen molar-refractivity contribution in [3.05, 3.63) is 89.1 Å². The van der Waals surface area contributed by atoms with Gasteiger partial charge >= 0.3 is 0 Å². The predicted octanol–water partition coefficient (Wildman–Crippen LogP) is 3.99. The van der Waals surface area contributed by atoms with Crippen molar-refractivity contribution in [2.75, 3.05) is 18.9 Å². The molecule has 0 radical (unpaired) electrons. The first-order valence-corrected chi connectivity index (χ1v) is 9.68. The number of nitrogens with zero attached hydrogens (tertiary/aromatic N) is 2. The second kappa shape index (κ2) is 9.69. The minimum Gasteiger partial charge on any atom is -0.473 e. The normalized spacial score (nSPS) is 10.4. The maximum Gasteiger partial charge on any atom is 0.254 e. The summed E-state index contributed by atoms with van der Waals surface area (Å²) in [7, 11) is 1.59. The zero-order valence-corrected chi connectivity index (χ0v) is 17.4. The number of aryl methyl sites for hydroxylation is 2. The van der Waals surface area contributed by atoms with Crippen LogP contribution in [-0.4, -0.2) is 35.3 Å². The molecule has 0 aliphatic carbocycles. The fourth-order valence-corrected chi connectivity index (χ4v) is 3.05. The maximum atomic E-state index is 12.8. The van der Waals surface area contributed by atoms with Gasteiger partial charge in [-0.05, 0) is 36.6 Å². The van der Waals surface area contributed by atoms with Gasteiger partial charge in [0.05, 0.1) is 6.54 Å². The van der Waals surface area contributed by atoms with Crippen LogP contribution in [0.25, 0.3) is 0 Å². The monoisotopic (exact) mass is 403 g/mol. The third-order valence-electron chi connectivity index (χ3n) is 4.68. The van der Waals surface area contributed by atoms with Crippen LogP contribution < -0.4 is 10.1 Å². The van der Waals surface area contributed by atoms with Gasteiger partial charge in [-0.25, -0.2) is 4.98 Å². The van der Waals surface area contributed by atoms with E-state index in [2.05, 4.69) is 10.3 Å². The standard InChI is InChI=1S/C24H25N3O3/c1-17-8-7-9-18(2)23(17)26-21(28)15-27(3)24(29)20-12-13-25-22(14-20)30-16-19-10-5-4-6-11-19/h4-14H,15-16H2,1-3H3,(H,26,28). The number of aromatic nitrogens is 1.